The molecule has 2 aromatic rings. The molecule has 0 atom stereocenters. The van der Waals surface area contributed by atoms with Crippen LogP contribution in [0.15, 0.2) is 28.8 Å². The Hall–Kier alpha value is -2.12. The van der Waals surface area contributed by atoms with E-state index in [2.05, 4.69) is 10.1 Å². The van der Waals surface area contributed by atoms with Gasteiger partial charge in [0.15, 0.2) is 0 Å². The predicted molar refractivity (Wildman–Crippen MR) is 88.6 cm³/mol. The number of hydrogen-bond donors (Lipinski definition) is 0. The van der Waals surface area contributed by atoms with Crippen LogP contribution in [0.2, 0.25) is 5.02 Å². The molecule has 1 fully saturated rings. The van der Waals surface area contributed by atoms with Gasteiger partial charge in [0, 0.05) is 30.2 Å². The van der Waals surface area contributed by atoms with Crippen molar-refractivity contribution in [3.05, 3.63) is 35.2 Å². The molecule has 0 bridgehead atoms. The van der Waals surface area contributed by atoms with E-state index in [1.54, 1.807) is 21.9 Å². The summed E-state index contributed by atoms with van der Waals surface area (Å²) in [5, 5.41) is 4.62. The number of carbonyl (C=O) groups is 1. The fourth-order valence-corrected chi connectivity index (χ4v) is 2.59. The fourth-order valence-electron chi connectivity index (χ4n) is 2.47. The first-order chi connectivity index (χ1) is 11.7. The number of rotatable bonds is 4. The highest BCUT2D eigenvalue weighted by Crippen LogP contribution is 2.19. The molecule has 2 heterocycles. The second kappa shape index (κ2) is 7.63. The van der Waals surface area contributed by atoms with Gasteiger partial charge in [-0.25, -0.2) is 4.79 Å². The summed E-state index contributed by atoms with van der Waals surface area (Å²) in [6.45, 7) is 5.14. The van der Waals surface area contributed by atoms with Crippen molar-refractivity contribution in [3.8, 4) is 11.4 Å². The first kappa shape index (κ1) is 16.7. The fraction of sp³-hybridized carbons (Fsp3) is 0.438. The van der Waals surface area contributed by atoms with Crippen LogP contribution in [-0.2, 0) is 11.3 Å². The van der Waals surface area contributed by atoms with E-state index in [1.807, 2.05) is 19.1 Å². The van der Waals surface area contributed by atoms with Crippen molar-refractivity contribution in [2.24, 2.45) is 0 Å². The van der Waals surface area contributed by atoms with Gasteiger partial charge in [-0.2, -0.15) is 4.98 Å². The molecule has 1 aromatic heterocycles. The molecule has 2 amide bonds. The topological polar surface area (TPSA) is 71.7 Å². The number of ether oxygens (including phenoxy) is 1. The Morgan fingerprint density at radius 2 is 2.00 bits per heavy atom. The first-order valence-corrected chi connectivity index (χ1v) is 8.25. The van der Waals surface area contributed by atoms with Gasteiger partial charge >= 0.3 is 6.03 Å². The van der Waals surface area contributed by atoms with E-state index < -0.39 is 0 Å². The van der Waals surface area contributed by atoms with Crippen LogP contribution >= 0.6 is 11.6 Å². The van der Waals surface area contributed by atoms with Crippen molar-refractivity contribution < 1.29 is 14.1 Å². The van der Waals surface area contributed by atoms with E-state index in [4.69, 9.17) is 20.9 Å². The number of halogens is 1. The van der Waals surface area contributed by atoms with E-state index in [9.17, 15) is 4.79 Å². The Balaban J connectivity index is 1.67. The summed E-state index contributed by atoms with van der Waals surface area (Å²) >= 11 is 5.88. The molecule has 24 heavy (non-hydrogen) atoms. The molecule has 3 rings (SSSR count). The van der Waals surface area contributed by atoms with Crippen LogP contribution < -0.4 is 0 Å². The van der Waals surface area contributed by atoms with E-state index >= 15 is 0 Å². The molecule has 1 aromatic carbocycles. The number of nitrogens with zero attached hydrogens (tertiary/aromatic N) is 4. The van der Waals surface area contributed by atoms with Gasteiger partial charge in [-0.1, -0.05) is 16.8 Å². The summed E-state index contributed by atoms with van der Waals surface area (Å²) in [4.78, 5) is 20.4. The second-order valence-electron chi connectivity index (χ2n) is 5.41. The van der Waals surface area contributed by atoms with Crippen LogP contribution in [0, 0.1) is 0 Å². The normalized spacial score (nSPS) is 14.7. The minimum atomic E-state index is -0.0351. The molecule has 1 aliphatic rings. The van der Waals surface area contributed by atoms with Gasteiger partial charge in [-0.15, -0.1) is 0 Å². The number of hydrogen-bond acceptors (Lipinski definition) is 5. The van der Waals surface area contributed by atoms with Crippen molar-refractivity contribution in [2.75, 3.05) is 32.8 Å². The second-order valence-corrected chi connectivity index (χ2v) is 5.85. The van der Waals surface area contributed by atoms with Crippen molar-refractivity contribution >= 4 is 17.6 Å². The molecule has 1 saturated heterocycles. The Bertz CT molecular complexity index is 683. The van der Waals surface area contributed by atoms with Gasteiger partial charge in [-0.3, -0.25) is 0 Å². The van der Waals surface area contributed by atoms with Gasteiger partial charge in [-0.05, 0) is 31.2 Å². The lowest BCUT2D eigenvalue weighted by Crippen LogP contribution is -2.47. The highest BCUT2D eigenvalue weighted by molar-refractivity contribution is 6.30. The minimum Gasteiger partial charge on any atom is -0.378 e. The van der Waals surface area contributed by atoms with Gasteiger partial charge < -0.3 is 19.1 Å². The Labute approximate surface area is 145 Å². The molecule has 128 valence electrons. The molecule has 8 heteroatoms. The number of amides is 2. The van der Waals surface area contributed by atoms with Crippen molar-refractivity contribution in [1.82, 2.24) is 19.9 Å². The van der Waals surface area contributed by atoms with E-state index in [-0.39, 0.29) is 12.6 Å². The van der Waals surface area contributed by atoms with Crippen molar-refractivity contribution in [2.45, 2.75) is 13.5 Å². The third-order valence-electron chi connectivity index (χ3n) is 3.83. The average molecular weight is 351 g/mol. The number of urea groups is 1. The zero-order valence-corrected chi connectivity index (χ0v) is 14.2. The van der Waals surface area contributed by atoms with Crippen LogP contribution in [0.25, 0.3) is 11.4 Å². The summed E-state index contributed by atoms with van der Waals surface area (Å²) in [6.07, 6.45) is 0. The minimum absolute atomic E-state index is 0.0351. The molecule has 0 saturated carbocycles. The Morgan fingerprint density at radius 1 is 1.29 bits per heavy atom. The highest BCUT2D eigenvalue weighted by Gasteiger charge is 2.23. The molecule has 7 nitrogen and oxygen atoms in total. The van der Waals surface area contributed by atoms with Crippen molar-refractivity contribution in [3.63, 3.8) is 0 Å². The Kier molecular flexibility index (Phi) is 5.32. The number of aromatic nitrogens is 2. The molecule has 0 N–H and O–H groups in total. The molecule has 0 radical (unpaired) electrons. The van der Waals surface area contributed by atoms with E-state index in [0.717, 1.165) is 5.56 Å². The maximum absolute atomic E-state index is 12.5. The standard InChI is InChI=1S/C16H19ClN4O3/c1-2-20(16(22)21-7-9-23-10-8-21)11-14-18-15(19-24-14)12-3-5-13(17)6-4-12/h3-6H,2,7-11H2,1H3. The third kappa shape index (κ3) is 3.85. The molecule has 1 aliphatic heterocycles. The largest absolute Gasteiger partial charge is 0.378 e. The quantitative estimate of drug-likeness (QED) is 0.847. The van der Waals surface area contributed by atoms with Gasteiger partial charge in [0.05, 0.1) is 13.2 Å². The molecule has 0 spiro atoms. The summed E-state index contributed by atoms with van der Waals surface area (Å²) in [6, 6.07) is 7.16. The number of carbonyl (C=O) groups excluding carboxylic acids is 1. The SMILES string of the molecule is CCN(Cc1nc(-c2ccc(Cl)cc2)no1)C(=O)N1CCOCC1. The van der Waals surface area contributed by atoms with Gasteiger partial charge in [0.2, 0.25) is 11.7 Å². The number of morpholine rings is 1. The summed E-state index contributed by atoms with van der Waals surface area (Å²) in [7, 11) is 0. The van der Waals surface area contributed by atoms with E-state index in [0.29, 0.717) is 49.6 Å². The summed E-state index contributed by atoms with van der Waals surface area (Å²) in [5.41, 5.74) is 0.817. The lowest BCUT2D eigenvalue weighted by Gasteiger charge is -2.31. The summed E-state index contributed by atoms with van der Waals surface area (Å²) < 4.78 is 10.6. The highest BCUT2D eigenvalue weighted by atomic mass is 35.5. The smallest absolute Gasteiger partial charge is 0.320 e. The van der Waals surface area contributed by atoms with Gasteiger partial charge in [0.25, 0.3) is 0 Å². The van der Waals surface area contributed by atoms with Gasteiger partial charge in [0.1, 0.15) is 6.54 Å². The molecular formula is C16H19ClN4O3. The molecule has 0 unspecified atom stereocenters. The monoisotopic (exact) mass is 350 g/mol. The van der Waals surface area contributed by atoms with Crippen molar-refractivity contribution in [1.29, 1.82) is 0 Å². The zero-order valence-electron chi connectivity index (χ0n) is 13.4. The van der Waals surface area contributed by atoms with Crippen LogP contribution in [0.4, 0.5) is 4.79 Å². The van der Waals surface area contributed by atoms with E-state index in [1.165, 1.54) is 0 Å². The maximum Gasteiger partial charge on any atom is 0.320 e. The summed E-state index contributed by atoms with van der Waals surface area (Å²) in [5.74, 6) is 0.889. The van der Waals surface area contributed by atoms with Crippen LogP contribution in [0.5, 0.6) is 0 Å². The third-order valence-corrected chi connectivity index (χ3v) is 4.08. The lowest BCUT2D eigenvalue weighted by atomic mass is 10.2. The Morgan fingerprint density at radius 3 is 2.67 bits per heavy atom. The lowest BCUT2D eigenvalue weighted by molar-refractivity contribution is 0.0422. The van der Waals surface area contributed by atoms with Crippen LogP contribution in [0.1, 0.15) is 12.8 Å². The maximum atomic E-state index is 12.5. The molecular weight excluding hydrogens is 332 g/mol. The van der Waals surface area contributed by atoms with Crippen LogP contribution in [-0.4, -0.2) is 58.8 Å². The average Bonchev–Trinajstić information content (AvgIpc) is 3.09. The van der Waals surface area contributed by atoms with Crippen LogP contribution in [0.3, 0.4) is 0 Å². The first-order valence-electron chi connectivity index (χ1n) is 7.87. The number of benzene rings is 1. The predicted octanol–water partition coefficient (Wildman–Crippen LogP) is 2.66. The molecule has 0 aliphatic carbocycles. The zero-order chi connectivity index (χ0) is 16.9.